The van der Waals surface area contributed by atoms with Crippen LogP contribution in [-0.4, -0.2) is 23.9 Å². The first-order chi connectivity index (χ1) is 5.41. The summed E-state index contributed by atoms with van der Waals surface area (Å²) in [5, 5.41) is 9.00. The number of nitrogens with two attached hydrogens (primary N) is 1. The van der Waals surface area contributed by atoms with Crippen molar-refractivity contribution in [3.63, 3.8) is 0 Å². The molecular weight excluding hydrogens is 207 g/mol. The molecule has 0 heterocycles. The Bertz CT molecular complexity index is 176. The lowest BCUT2D eigenvalue weighted by Crippen LogP contribution is -2.42. The zero-order valence-electron chi connectivity index (χ0n) is 6.97. The fourth-order valence-corrected chi connectivity index (χ4v) is 1.66. The van der Waals surface area contributed by atoms with E-state index in [-0.39, 0.29) is 31.7 Å². The molecule has 0 bridgehead atoms. The first-order valence-electron chi connectivity index (χ1n) is 3.86. The lowest BCUT2D eigenvalue weighted by atomic mass is 9.85. The van der Waals surface area contributed by atoms with Gasteiger partial charge in [-0.25, -0.2) is 0 Å². The second kappa shape index (κ2) is 4.02. The molecule has 1 saturated carbocycles. The van der Waals surface area contributed by atoms with E-state index in [0.29, 0.717) is 0 Å². The van der Waals surface area contributed by atoms with Crippen LogP contribution in [0.15, 0.2) is 0 Å². The number of hydrogen-bond acceptors (Lipinski definition) is 2. The maximum atomic E-state index is 12.4. The minimum Gasteiger partial charge on any atom is -0.393 e. The molecule has 6 heteroatoms. The van der Waals surface area contributed by atoms with Crippen LogP contribution in [0.3, 0.4) is 0 Å². The highest BCUT2D eigenvalue weighted by atomic mass is 35.5. The van der Waals surface area contributed by atoms with Gasteiger partial charge in [-0.05, 0) is 19.3 Å². The van der Waals surface area contributed by atoms with Crippen molar-refractivity contribution in [2.45, 2.75) is 31.5 Å². The summed E-state index contributed by atoms with van der Waals surface area (Å²) in [5.74, 6) is 0. The van der Waals surface area contributed by atoms with Crippen LogP contribution in [0.25, 0.3) is 0 Å². The zero-order chi connectivity index (χ0) is 9.41. The van der Waals surface area contributed by atoms with E-state index in [2.05, 4.69) is 0 Å². The molecule has 1 aliphatic rings. The van der Waals surface area contributed by atoms with Gasteiger partial charge >= 0.3 is 6.18 Å². The minimum absolute atomic E-state index is 0. The van der Waals surface area contributed by atoms with Gasteiger partial charge in [0, 0.05) is 6.54 Å². The van der Waals surface area contributed by atoms with Gasteiger partial charge in [0.05, 0.1) is 11.5 Å². The van der Waals surface area contributed by atoms with Gasteiger partial charge in [0.2, 0.25) is 0 Å². The maximum Gasteiger partial charge on any atom is 0.395 e. The Kier molecular flexibility index (Phi) is 4.02. The molecule has 0 radical (unpaired) electrons. The third-order valence-electron chi connectivity index (χ3n) is 2.57. The van der Waals surface area contributed by atoms with E-state index in [9.17, 15) is 13.2 Å². The number of aliphatic hydroxyl groups is 1. The van der Waals surface area contributed by atoms with Crippen LogP contribution in [0.2, 0.25) is 0 Å². The Balaban J connectivity index is 0.00000144. The van der Waals surface area contributed by atoms with Crippen molar-refractivity contribution in [1.82, 2.24) is 0 Å². The molecule has 0 amide bonds. The van der Waals surface area contributed by atoms with E-state index in [1.165, 1.54) is 0 Å². The van der Waals surface area contributed by atoms with Gasteiger partial charge in [0.15, 0.2) is 0 Å². The molecule has 0 aliphatic heterocycles. The fourth-order valence-electron chi connectivity index (χ4n) is 1.66. The lowest BCUT2D eigenvalue weighted by molar-refractivity contribution is -0.220. The van der Waals surface area contributed by atoms with Crippen LogP contribution in [0, 0.1) is 5.41 Å². The zero-order valence-corrected chi connectivity index (χ0v) is 7.79. The van der Waals surface area contributed by atoms with Gasteiger partial charge < -0.3 is 10.8 Å². The smallest absolute Gasteiger partial charge is 0.393 e. The molecule has 0 unspecified atom stereocenters. The Morgan fingerprint density at radius 1 is 1.46 bits per heavy atom. The molecule has 80 valence electrons. The summed E-state index contributed by atoms with van der Waals surface area (Å²) in [6, 6.07) is 0. The van der Waals surface area contributed by atoms with Crippen molar-refractivity contribution in [3.05, 3.63) is 0 Å². The van der Waals surface area contributed by atoms with Crippen LogP contribution in [0.5, 0.6) is 0 Å². The molecule has 1 fully saturated rings. The summed E-state index contributed by atoms with van der Waals surface area (Å²) >= 11 is 0. The second-order valence-electron chi connectivity index (χ2n) is 3.38. The van der Waals surface area contributed by atoms with Crippen LogP contribution in [0.1, 0.15) is 19.3 Å². The molecule has 2 nitrogen and oxygen atoms in total. The van der Waals surface area contributed by atoms with E-state index in [0.717, 1.165) is 0 Å². The van der Waals surface area contributed by atoms with Crippen molar-refractivity contribution in [1.29, 1.82) is 0 Å². The highest BCUT2D eigenvalue weighted by Gasteiger charge is 2.56. The highest BCUT2D eigenvalue weighted by Crippen LogP contribution is 2.49. The van der Waals surface area contributed by atoms with E-state index in [1.54, 1.807) is 0 Å². The quantitative estimate of drug-likeness (QED) is 0.702. The minimum atomic E-state index is -4.28. The SMILES string of the molecule is Cl.NC[C@@]1(C(F)(F)F)CC[C@@H](O)C1. The molecule has 0 aromatic rings. The monoisotopic (exact) mass is 219 g/mol. The van der Waals surface area contributed by atoms with Crippen molar-refractivity contribution in [2.24, 2.45) is 11.1 Å². The normalized spacial score (nSPS) is 34.4. The Morgan fingerprint density at radius 2 is 2.00 bits per heavy atom. The fraction of sp³-hybridized carbons (Fsp3) is 1.00. The average molecular weight is 220 g/mol. The predicted octanol–water partition coefficient (Wildman–Crippen LogP) is 1.46. The topological polar surface area (TPSA) is 46.2 Å². The lowest BCUT2D eigenvalue weighted by Gasteiger charge is -2.29. The van der Waals surface area contributed by atoms with E-state index in [1.807, 2.05) is 0 Å². The van der Waals surface area contributed by atoms with Crippen LogP contribution < -0.4 is 5.73 Å². The largest absolute Gasteiger partial charge is 0.395 e. The molecule has 1 rings (SSSR count). The molecule has 3 N–H and O–H groups in total. The third kappa shape index (κ3) is 2.27. The van der Waals surface area contributed by atoms with Gasteiger partial charge in [-0.3, -0.25) is 0 Å². The van der Waals surface area contributed by atoms with Gasteiger partial charge in [0.1, 0.15) is 0 Å². The van der Waals surface area contributed by atoms with Crippen LogP contribution in [-0.2, 0) is 0 Å². The molecule has 1 aliphatic carbocycles. The van der Waals surface area contributed by atoms with Gasteiger partial charge in [-0.15, -0.1) is 12.4 Å². The summed E-state index contributed by atoms with van der Waals surface area (Å²) in [7, 11) is 0. The summed E-state index contributed by atoms with van der Waals surface area (Å²) < 4.78 is 37.2. The van der Waals surface area contributed by atoms with Crippen molar-refractivity contribution in [2.75, 3.05) is 6.54 Å². The molecular formula is C7H13ClF3NO. The Hall–Kier alpha value is -0.0000000000000000486. The van der Waals surface area contributed by atoms with Gasteiger partial charge in [-0.1, -0.05) is 0 Å². The van der Waals surface area contributed by atoms with Gasteiger partial charge in [0.25, 0.3) is 0 Å². The van der Waals surface area contributed by atoms with Crippen LogP contribution >= 0.6 is 12.4 Å². The summed E-state index contributed by atoms with van der Waals surface area (Å²) in [6.45, 7) is -0.423. The number of rotatable bonds is 1. The molecule has 13 heavy (non-hydrogen) atoms. The first-order valence-corrected chi connectivity index (χ1v) is 3.86. The van der Waals surface area contributed by atoms with E-state index in [4.69, 9.17) is 10.8 Å². The number of alkyl halides is 3. The van der Waals surface area contributed by atoms with Crippen molar-refractivity contribution >= 4 is 12.4 Å². The molecule has 0 aromatic heterocycles. The summed E-state index contributed by atoms with van der Waals surface area (Å²) in [4.78, 5) is 0. The van der Waals surface area contributed by atoms with Crippen molar-refractivity contribution in [3.8, 4) is 0 Å². The molecule has 2 atom stereocenters. The highest BCUT2D eigenvalue weighted by molar-refractivity contribution is 5.85. The Labute approximate surface area is 80.7 Å². The molecule has 0 spiro atoms. The Morgan fingerprint density at radius 3 is 2.15 bits per heavy atom. The first kappa shape index (κ1) is 13.0. The standard InChI is InChI=1S/C7H12F3NO.ClH/c8-7(9,10)6(4-11)2-1-5(12)3-6;/h5,12H,1-4,11H2;1H/t5-,6-;/m1./s1. The van der Waals surface area contributed by atoms with Crippen molar-refractivity contribution < 1.29 is 18.3 Å². The predicted molar refractivity (Wildman–Crippen MR) is 44.6 cm³/mol. The molecule has 0 aromatic carbocycles. The molecule has 0 saturated heterocycles. The number of halogens is 4. The second-order valence-corrected chi connectivity index (χ2v) is 3.38. The third-order valence-corrected chi connectivity index (χ3v) is 2.57. The van der Waals surface area contributed by atoms with E-state index >= 15 is 0 Å². The maximum absolute atomic E-state index is 12.4. The average Bonchev–Trinajstić information content (AvgIpc) is 2.31. The summed E-state index contributed by atoms with van der Waals surface area (Å²) in [6.07, 6.45) is -5.20. The number of hydrogen-bond donors (Lipinski definition) is 2. The summed E-state index contributed by atoms with van der Waals surface area (Å²) in [5.41, 5.74) is 3.26. The number of aliphatic hydroxyl groups excluding tert-OH is 1. The van der Waals surface area contributed by atoms with Crippen LogP contribution in [0.4, 0.5) is 13.2 Å². The van der Waals surface area contributed by atoms with Gasteiger partial charge in [-0.2, -0.15) is 13.2 Å². The van der Waals surface area contributed by atoms with E-state index < -0.39 is 24.2 Å².